The normalized spacial score (nSPS) is 15.6. The van der Waals surface area contributed by atoms with Crippen LogP contribution in [0.1, 0.15) is 45.1 Å². The van der Waals surface area contributed by atoms with E-state index in [1.807, 2.05) is 51.1 Å². The van der Waals surface area contributed by atoms with Gasteiger partial charge in [0.05, 0.1) is 17.8 Å². The lowest BCUT2D eigenvalue weighted by atomic mass is 9.94. The molecule has 0 unspecified atom stereocenters. The molecule has 0 N–H and O–H groups in total. The topological polar surface area (TPSA) is 38.7 Å². The first kappa shape index (κ1) is 18.2. The van der Waals surface area contributed by atoms with Crippen LogP contribution in [0.2, 0.25) is 0 Å². The third kappa shape index (κ3) is 5.79. The number of hydrogen-bond donors (Lipinski definition) is 0. The van der Waals surface area contributed by atoms with Crippen molar-refractivity contribution < 1.29 is 8.95 Å². The van der Waals surface area contributed by atoms with Crippen molar-refractivity contribution in [1.82, 2.24) is 0 Å². The molecular formula is C16H24ClNO2S. The third-order valence-corrected chi connectivity index (χ3v) is 4.69. The predicted octanol–water partition coefficient (Wildman–Crippen LogP) is 4.30. The van der Waals surface area contributed by atoms with E-state index >= 15 is 0 Å². The molecule has 118 valence electrons. The highest BCUT2D eigenvalue weighted by atomic mass is 35.5. The minimum absolute atomic E-state index is 0.0127. The van der Waals surface area contributed by atoms with Crippen molar-refractivity contribution in [3.63, 3.8) is 0 Å². The summed E-state index contributed by atoms with van der Waals surface area (Å²) in [4.78, 5) is 0. The molecule has 0 aliphatic heterocycles. The minimum atomic E-state index is -1.34. The van der Waals surface area contributed by atoms with E-state index in [1.54, 1.807) is 7.11 Å². The van der Waals surface area contributed by atoms with E-state index in [9.17, 15) is 4.21 Å². The fourth-order valence-corrected chi connectivity index (χ4v) is 2.65. The van der Waals surface area contributed by atoms with Crippen molar-refractivity contribution in [3.05, 3.63) is 35.9 Å². The van der Waals surface area contributed by atoms with Crippen LogP contribution in [-0.2, 0) is 15.7 Å². The lowest BCUT2D eigenvalue weighted by Gasteiger charge is -2.20. The Morgan fingerprint density at radius 3 is 2.43 bits per heavy atom. The molecule has 0 amide bonds. The lowest BCUT2D eigenvalue weighted by molar-refractivity contribution is 0.379. The van der Waals surface area contributed by atoms with Gasteiger partial charge in [0.25, 0.3) is 0 Å². The van der Waals surface area contributed by atoms with Crippen LogP contribution < -0.4 is 0 Å². The van der Waals surface area contributed by atoms with E-state index in [4.69, 9.17) is 16.3 Å². The Morgan fingerprint density at radius 1 is 1.33 bits per heavy atom. The highest BCUT2D eigenvalue weighted by Gasteiger charge is 2.24. The van der Waals surface area contributed by atoms with Crippen LogP contribution in [0, 0.1) is 0 Å². The van der Waals surface area contributed by atoms with E-state index in [2.05, 4.69) is 4.40 Å². The van der Waals surface area contributed by atoms with E-state index in [-0.39, 0.29) is 5.92 Å². The number of alkyl halides is 1. The minimum Gasteiger partial charge on any atom is -0.483 e. The zero-order chi connectivity index (χ0) is 15.9. The molecular weight excluding hydrogens is 306 g/mol. The van der Waals surface area contributed by atoms with E-state index in [0.29, 0.717) is 11.8 Å². The number of methoxy groups -OCH3 is 1. The van der Waals surface area contributed by atoms with Gasteiger partial charge in [-0.1, -0.05) is 30.3 Å². The first-order valence-corrected chi connectivity index (χ1v) is 8.69. The van der Waals surface area contributed by atoms with Gasteiger partial charge in [-0.25, -0.2) is 4.21 Å². The fourth-order valence-electron chi connectivity index (χ4n) is 1.86. The van der Waals surface area contributed by atoms with Gasteiger partial charge in [0.2, 0.25) is 5.90 Å². The van der Waals surface area contributed by atoms with Crippen molar-refractivity contribution in [3.8, 4) is 0 Å². The Kier molecular flexibility index (Phi) is 7.40. The zero-order valence-corrected chi connectivity index (χ0v) is 14.7. The highest BCUT2D eigenvalue weighted by molar-refractivity contribution is 7.85. The largest absolute Gasteiger partial charge is 0.483 e. The first-order valence-electron chi connectivity index (χ1n) is 7.05. The maximum Gasteiger partial charge on any atom is 0.204 e. The molecule has 5 heteroatoms. The molecule has 0 aliphatic carbocycles. The van der Waals surface area contributed by atoms with Gasteiger partial charge in [0, 0.05) is 5.88 Å². The number of rotatable bonds is 6. The molecule has 0 heterocycles. The third-order valence-electron chi connectivity index (χ3n) is 3.03. The molecule has 0 bridgehead atoms. The van der Waals surface area contributed by atoms with E-state index < -0.39 is 15.7 Å². The summed E-state index contributed by atoms with van der Waals surface area (Å²) in [6.45, 7) is 5.70. The Labute approximate surface area is 135 Å². The van der Waals surface area contributed by atoms with Crippen molar-refractivity contribution in [2.75, 3.05) is 13.0 Å². The average molecular weight is 330 g/mol. The standard InChI is InChI=1S/C16H24ClNO2S/c1-16(2,3)21(19)18-15(20-4)14(11-8-12-17)13-9-6-5-7-10-13/h5-7,9-10,14H,8,11-12H2,1-4H3/b18-15-/t14-,21-/m1/s1. The second-order valence-corrected chi connectivity index (χ2v) is 8.07. The summed E-state index contributed by atoms with van der Waals surface area (Å²) >= 11 is 5.82. The van der Waals surface area contributed by atoms with Crippen LogP contribution in [0.3, 0.4) is 0 Å². The molecule has 0 fully saturated rings. The molecule has 1 aromatic rings. The SMILES string of the molecule is CO/C(=N\[S@](=O)C(C)(C)C)[C@H](CCCCl)c1ccccc1. The Balaban J connectivity index is 3.10. The van der Waals surface area contributed by atoms with Crippen molar-refractivity contribution in [2.24, 2.45) is 4.40 Å². The summed E-state index contributed by atoms with van der Waals surface area (Å²) in [7, 11) is 0.242. The van der Waals surface area contributed by atoms with Crippen LogP contribution in [0.25, 0.3) is 0 Å². The van der Waals surface area contributed by atoms with Gasteiger partial charge < -0.3 is 4.74 Å². The van der Waals surface area contributed by atoms with Crippen LogP contribution in [0.5, 0.6) is 0 Å². The van der Waals surface area contributed by atoms with Crippen LogP contribution in [0.15, 0.2) is 34.7 Å². The predicted molar refractivity (Wildman–Crippen MR) is 91.5 cm³/mol. The Hall–Kier alpha value is -0.870. The van der Waals surface area contributed by atoms with Gasteiger partial charge in [-0.3, -0.25) is 0 Å². The molecule has 0 radical (unpaired) electrons. The summed E-state index contributed by atoms with van der Waals surface area (Å²) in [5.41, 5.74) is 1.11. The van der Waals surface area contributed by atoms with E-state index in [0.717, 1.165) is 18.4 Å². The molecule has 0 aromatic heterocycles. The Morgan fingerprint density at radius 2 is 1.95 bits per heavy atom. The number of halogens is 1. The molecule has 0 aliphatic rings. The van der Waals surface area contributed by atoms with Crippen LogP contribution >= 0.6 is 11.6 Å². The van der Waals surface area contributed by atoms with Gasteiger partial charge in [-0.2, -0.15) is 4.40 Å². The maximum absolute atomic E-state index is 12.3. The summed E-state index contributed by atoms with van der Waals surface area (Å²) < 4.78 is 21.6. The number of hydrogen-bond acceptors (Lipinski definition) is 2. The second kappa shape index (κ2) is 8.54. The quantitative estimate of drug-likeness (QED) is 0.443. The molecule has 2 atom stereocenters. The summed E-state index contributed by atoms with van der Waals surface area (Å²) in [5, 5.41) is 0. The summed E-state index contributed by atoms with van der Waals surface area (Å²) in [6.07, 6.45) is 1.67. The monoisotopic (exact) mass is 329 g/mol. The Bertz CT molecular complexity index is 483. The van der Waals surface area contributed by atoms with Crippen molar-refractivity contribution in [1.29, 1.82) is 0 Å². The first-order chi connectivity index (χ1) is 9.90. The van der Waals surface area contributed by atoms with Gasteiger partial charge in [0.15, 0.2) is 0 Å². The number of ether oxygens (including phenoxy) is 1. The number of nitrogens with zero attached hydrogens (tertiary/aromatic N) is 1. The lowest BCUT2D eigenvalue weighted by Crippen LogP contribution is -2.23. The number of benzene rings is 1. The molecule has 0 saturated carbocycles. The summed E-state index contributed by atoms with van der Waals surface area (Å²) in [5.74, 6) is 1.09. The smallest absolute Gasteiger partial charge is 0.204 e. The van der Waals surface area contributed by atoms with Gasteiger partial charge in [0.1, 0.15) is 11.0 Å². The van der Waals surface area contributed by atoms with Gasteiger partial charge in [-0.15, -0.1) is 11.6 Å². The van der Waals surface area contributed by atoms with Crippen LogP contribution in [0.4, 0.5) is 0 Å². The van der Waals surface area contributed by atoms with Crippen molar-refractivity contribution >= 4 is 28.5 Å². The molecule has 0 saturated heterocycles. The molecule has 0 spiro atoms. The second-order valence-electron chi connectivity index (χ2n) is 5.79. The molecule has 3 nitrogen and oxygen atoms in total. The van der Waals surface area contributed by atoms with E-state index in [1.165, 1.54) is 0 Å². The van der Waals surface area contributed by atoms with Crippen molar-refractivity contribution in [2.45, 2.75) is 44.3 Å². The maximum atomic E-state index is 12.3. The highest BCUT2D eigenvalue weighted by Crippen LogP contribution is 2.25. The van der Waals surface area contributed by atoms with Gasteiger partial charge >= 0.3 is 0 Å². The summed E-state index contributed by atoms with van der Waals surface area (Å²) in [6, 6.07) is 10.0. The molecule has 21 heavy (non-hydrogen) atoms. The average Bonchev–Trinajstić information content (AvgIpc) is 2.46. The zero-order valence-electron chi connectivity index (χ0n) is 13.1. The van der Waals surface area contributed by atoms with Crippen LogP contribution in [-0.4, -0.2) is 27.8 Å². The molecule has 1 rings (SSSR count). The molecule has 1 aromatic carbocycles. The fraction of sp³-hybridized carbons (Fsp3) is 0.562. The van der Waals surface area contributed by atoms with Gasteiger partial charge in [-0.05, 0) is 39.2 Å².